The highest BCUT2D eigenvalue weighted by Gasteiger charge is 2.09. The number of carboxylic acid groups (broad SMARTS) is 1. The summed E-state index contributed by atoms with van der Waals surface area (Å²) in [7, 11) is 1.59. The summed E-state index contributed by atoms with van der Waals surface area (Å²) in [6.45, 7) is 1.80. The number of carboxylic acids is 1. The van der Waals surface area contributed by atoms with E-state index in [1.165, 1.54) is 0 Å². The molecule has 5 nitrogen and oxygen atoms in total. The lowest BCUT2D eigenvalue weighted by Crippen LogP contribution is -2.34. The molecule has 0 saturated heterocycles. The van der Waals surface area contributed by atoms with Crippen LogP contribution in [0, 0.1) is 0 Å². The van der Waals surface area contributed by atoms with Crippen LogP contribution in [-0.2, 0) is 16.0 Å². The lowest BCUT2D eigenvalue weighted by atomic mass is 10.1. The van der Waals surface area contributed by atoms with Crippen LogP contribution in [0.1, 0.15) is 25.3 Å². The summed E-state index contributed by atoms with van der Waals surface area (Å²) < 4.78 is 5.04. The molecule has 2 N–H and O–H groups in total. The van der Waals surface area contributed by atoms with Gasteiger partial charge in [0.25, 0.3) is 0 Å². The average Bonchev–Trinajstić information content (AvgIpc) is 2.37. The minimum Gasteiger partial charge on any atom is -0.497 e. The van der Waals surface area contributed by atoms with Gasteiger partial charge >= 0.3 is 5.97 Å². The zero-order chi connectivity index (χ0) is 14.3. The molecule has 1 rings (SSSR count). The lowest BCUT2D eigenvalue weighted by molar-refractivity contribution is -0.137. The fraction of sp³-hybridized carbons (Fsp3) is 0.429. The number of amides is 1. The Morgan fingerprint density at radius 1 is 1.32 bits per heavy atom. The third-order valence-electron chi connectivity index (χ3n) is 2.72. The number of aliphatic carboxylic acids is 1. The summed E-state index contributed by atoms with van der Waals surface area (Å²) in [5, 5.41) is 11.3. The Kier molecular flexibility index (Phi) is 5.85. The molecule has 0 aliphatic heterocycles. The third-order valence-corrected chi connectivity index (χ3v) is 2.72. The monoisotopic (exact) mass is 265 g/mol. The maximum atomic E-state index is 11.7. The van der Waals surface area contributed by atoms with Crippen LogP contribution < -0.4 is 10.1 Å². The summed E-state index contributed by atoms with van der Waals surface area (Å²) in [5.41, 5.74) is 0.892. The van der Waals surface area contributed by atoms with E-state index >= 15 is 0 Å². The second-order valence-corrected chi connectivity index (χ2v) is 4.43. The quantitative estimate of drug-likeness (QED) is 0.785. The van der Waals surface area contributed by atoms with Crippen LogP contribution in [0.4, 0.5) is 0 Å². The fourth-order valence-electron chi connectivity index (χ4n) is 1.67. The number of benzene rings is 1. The van der Waals surface area contributed by atoms with Crippen LogP contribution in [-0.4, -0.2) is 30.1 Å². The van der Waals surface area contributed by atoms with Gasteiger partial charge in [-0.25, -0.2) is 0 Å². The summed E-state index contributed by atoms with van der Waals surface area (Å²) in [6, 6.07) is 7.13. The second kappa shape index (κ2) is 7.41. The van der Waals surface area contributed by atoms with Crippen molar-refractivity contribution >= 4 is 11.9 Å². The third kappa shape index (κ3) is 5.90. The first kappa shape index (κ1) is 15.0. The van der Waals surface area contributed by atoms with Gasteiger partial charge in [-0.2, -0.15) is 0 Å². The summed E-state index contributed by atoms with van der Waals surface area (Å²) in [4.78, 5) is 22.1. The van der Waals surface area contributed by atoms with Crippen molar-refractivity contribution in [3.63, 3.8) is 0 Å². The van der Waals surface area contributed by atoms with Crippen LogP contribution in [0.5, 0.6) is 5.75 Å². The van der Waals surface area contributed by atoms with E-state index in [9.17, 15) is 9.59 Å². The maximum Gasteiger partial charge on any atom is 0.303 e. The van der Waals surface area contributed by atoms with E-state index < -0.39 is 5.97 Å². The Bertz CT molecular complexity index is 428. The molecule has 0 spiro atoms. The van der Waals surface area contributed by atoms with Crippen molar-refractivity contribution in [2.75, 3.05) is 7.11 Å². The van der Waals surface area contributed by atoms with E-state index in [1.54, 1.807) is 26.2 Å². The van der Waals surface area contributed by atoms with Crippen molar-refractivity contribution < 1.29 is 19.4 Å². The molecular formula is C14H19NO4. The molecule has 0 fully saturated rings. The molecule has 0 aromatic heterocycles. The number of carbonyl (C=O) groups is 2. The van der Waals surface area contributed by atoms with Gasteiger partial charge in [0.05, 0.1) is 13.5 Å². The van der Waals surface area contributed by atoms with Gasteiger partial charge in [0.1, 0.15) is 5.75 Å². The largest absolute Gasteiger partial charge is 0.497 e. The van der Waals surface area contributed by atoms with Gasteiger partial charge in [-0.05, 0) is 31.0 Å². The predicted octanol–water partition coefficient (Wildman–Crippen LogP) is 1.61. The first-order valence-electron chi connectivity index (χ1n) is 6.15. The van der Waals surface area contributed by atoms with Crippen molar-refractivity contribution in [1.29, 1.82) is 0 Å². The molecule has 1 amide bonds. The van der Waals surface area contributed by atoms with Gasteiger partial charge in [-0.1, -0.05) is 12.1 Å². The highest BCUT2D eigenvalue weighted by atomic mass is 16.5. The molecule has 0 heterocycles. The zero-order valence-corrected chi connectivity index (χ0v) is 11.2. The molecule has 1 unspecified atom stereocenters. The standard InChI is InChI=1S/C14H19NO4/c1-10(3-8-14(17)18)15-13(16)9-11-4-6-12(19-2)7-5-11/h4-7,10H,3,8-9H2,1-2H3,(H,15,16)(H,17,18). The number of hydrogen-bond donors (Lipinski definition) is 2. The van der Waals surface area contributed by atoms with Gasteiger partial charge < -0.3 is 15.2 Å². The molecule has 1 atom stereocenters. The molecule has 0 aliphatic rings. The molecular weight excluding hydrogens is 246 g/mol. The van der Waals surface area contributed by atoms with Crippen molar-refractivity contribution in [1.82, 2.24) is 5.32 Å². The second-order valence-electron chi connectivity index (χ2n) is 4.43. The number of ether oxygens (including phenoxy) is 1. The lowest BCUT2D eigenvalue weighted by Gasteiger charge is -2.12. The highest BCUT2D eigenvalue weighted by Crippen LogP contribution is 2.11. The smallest absolute Gasteiger partial charge is 0.303 e. The number of nitrogens with one attached hydrogen (secondary N) is 1. The number of methoxy groups -OCH3 is 1. The Morgan fingerprint density at radius 3 is 2.47 bits per heavy atom. The number of rotatable bonds is 7. The minimum atomic E-state index is -0.851. The first-order valence-corrected chi connectivity index (χ1v) is 6.15. The summed E-state index contributed by atoms with van der Waals surface area (Å²) in [6.07, 6.45) is 0.773. The molecule has 0 bridgehead atoms. The van der Waals surface area contributed by atoms with Gasteiger partial charge in [0, 0.05) is 12.5 Å². The van der Waals surface area contributed by atoms with Crippen LogP contribution in [0.25, 0.3) is 0 Å². The zero-order valence-electron chi connectivity index (χ0n) is 11.2. The molecule has 1 aromatic rings. The fourth-order valence-corrected chi connectivity index (χ4v) is 1.67. The normalized spacial score (nSPS) is 11.7. The van der Waals surface area contributed by atoms with Crippen LogP contribution >= 0.6 is 0 Å². The van der Waals surface area contributed by atoms with E-state index in [4.69, 9.17) is 9.84 Å². The van der Waals surface area contributed by atoms with Crippen LogP contribution in [0.15, 0.2) is 24.3 Å². The Hall–Kier alpha value is -2.04. The van der Waals surface area contributed by atoms with Gasteiger partial charge in [-0.3, -0.25) is 9.59 Å². The molecule has 1 aromatic carbocycles. The van der Waals surface area contributed by atoms with E-state index in [2.05, 4.69) is 5.32 Å². The summed E-state index contributed by atoms with van der Waals surface area (Å²) in [5.74, 6) is -0.210. The topological polar surface area (TPSA) is 75.6 Å². The van der Waals surface area contributed by atoms with Crippen molar-refractivity contribution in [2.45, 2.75) is 32.2 Å². The molecule has 19 heavy (non-hydrogen) atoms. The van der Waals surface area contributed by atoms with Crippen molar-refractivity contribution in [2.24, 2.45) is 0 Å². The molecule has 0 saturated carbocycles. The number of carbonyl (C=O) groups excluding carboxylic acids is 1. The molecule has 0 radical (unpaired) electrons. The van der Waals surface area contributed by atoms with E-state index in [1.807, 2.05) is 12.1 Å². The van der Waals surface area contributed by atoms with Gasteiger partial charge in [0.15, 0.2) is 0 Å². The highest BCUT2D eigenvalue weighted by molar-refractivity contribution is 5.79. The van der Waals surface area contributed by atoms with Crippen LogP contribution in [0.3, 0.4) is 0 Å². The van der Waals surface area contributed by atoms with E-state index in [0.29, 0.717) is 6.42 Å². The summed E-state index contributed by atoms with van der Waals surface area (Å²) >= 11 is 0. The van der Waals surface area contributed by atoms with E-state index in [0.717, 1.165) is 11.3 Å². The van der Waals surface area contributed by atoms with E-state index in [-0.39, 0.29) is 24.8 Å². The molecule has 5 heteroatoms. The van der Waals surface area contributed by atoms with Gasteiger partial charge in [0.2, 0.25) is 5.91 Å². The minimum absolute atomic E-state index is 0.0595. The SMILES string of the molecule is COc1ccc(CC(=O)NC(C)CCC(=O)O)cc1. The number of hydrogen-bond acceptors (Lipinski definition) is 3. The first-order chi connectivity index (χ1) is 9.01. The molecule has 0 aliphatic carbocycles. The molecule has 104 valence electrons. The average molecular weight is 265 g/mol. The van der Waals surface area contributed by atoms with Crippen LogP contribution in [0.2, 0.25) is 0 Å². The Morgan fingerprint density at radius 2 is 1.95 bits per heavy atom. The van der Waals surface area contributed by atoms with Crippen molar-refractivity contribution in [3.05, 3.63) is 29.8 Å². The maximum absolute atomic E-state index is 11.7. The van der Waals surface area contributed by atoms with Gasteiger partial charge in [-0.15, -0.1) is 0 Å². The Balaban J connectivity index is 2.39. The Labute approximate surface area is 112 Å². The van der Waals surface area contributed by atoms with Crippen molar-refractivity contribution in [3.8, 4) is 5.75 Å². The predicted molar refractivity (Wildman–Crippen MR) is 71.2 cm³/mol.